The molecule has 0 spiro atoms. The van der Waals surface area contributed by atoms with Crippen molar-refractivity contribution in [2.75, 3.05) is 17.7 Å². The summed E-state index contributed by atoms with van der Waals surface area (Å²) in [6, 6.07) is 11.1. The van der Waals surface area contributed by atoms with Gasteiger partial charge in [0.2, 0.25) is 15.9 Å². The molecular formula is C22H29ClN2O4S. The number of nitrogens with zero attached hydrogens (tertiary/aromatic N) is 1. The van der Waals surface area contributed by atoms with E-state index in [0.29, 0.717) is 23.6 Å². The molecule has 0 fully saturated rings. The first-order valence-corrected chi connectivity index (χ1v) is 12.0. The molecule has 0 radical (unpaired) electrons. The van der Waals surface area contributed by atoms with E-state index in [2.05, 4.69) is 5.32 Å². The van der Waals surface area contributed by atoms with E-state index in [4.69, 9.17) is 16.3 Å². The predicted octanol–water partition coefficient (Wildman–Crippen LogP) is 4.47. The fourth-order valence-electron chi connectivity index (χ4n) is 3.48. The molecular weight excluding hydrogens is 424 g/mol. The molecule has 164 valence electrons. The standard InChI is InChI=1S/C22H29ClN2O4S/c1-6-19(16-11-12-21(29-4)15(3)13-16)24-22(26)20(7-2)25(30(5,27)28)18-10-8-9-17(23)14-18/h8-14,19-20H,6-7H2,1-5H3,(H,24,26)/t19-,20+/m1/s1. The van der Waals surface area contributed by atoms with Crippen LogP contribution in [0.15, 0.2) is 42.5 Å². The molecule has 0 heterocycles. The number of hydrogen-bond donors (Lipinski definition) is 1. The van der Waals surface area contributed by atoms with Gasteiger partial charge in [-0.15, -0.1) is 0 Å². The van der Waals surface area contributed by atoms with Crippen LogP contribution in [-0.4, -0.2) is 33.7 Å². The van der Waals surface area contributed by atoms with Crippen molar-refractivity contribution in [2.24, 2.45) is 0 Å². The van der Waals surface area contributed by atoms with Crippen LogP contribution in [0.3, 0.4) is 0 Å². The van der Waals surface area contributed by atoms with Crippen LogP contribution in [0.5, 0.6) is 5.75 Å². The lowest BCUT2D eigenvalue weighted by molar-refractivity contribution is -0.123. The Morgan fingerprint density at radius 3 is 2.37 bits per heavy atom. The van der Waals surface area contributed by atoms with E-state index in [-0.39, 0.29) is 11.9 Å². The molecule has 0 aliphatic rings. The molecule has 0 saturated carbocycles. The number of benzene rings is 2. The summed E-state index contributed by atoms with van der Waals surface area (Å²) in [5.74, 6) is 0.416. The van der Waals surface area contributed by atoms with E-state index in [1.54, 1.807) is 38.3 Å². The van der Waals surface area contributed by atoms with E-state index >= 15 is 0 Å². The van der Waals surface area contributed by atoms with E-state index in [1.807, 2.05) is 32.0 Å². The number of ether oxygens (including phenoxy) is 1. The molecule has 30 heavy (non-hydrogen) atoms. The molecule has 8 heteroatoms. The minimum atomic E-state index is -3.72. The molecule has 1 amide bonds. The van der Waals surface area contributed by atoms with Crippen LogP contribution < -0.4 is 14.4 Å². The summed E-state index contributed by atoms with van der Waals surface area (Å²) in [6.45, 7) is 5.69. The van der Waals surface area contributed by atoms with Gasteiger partial charge in [-0.05, 0) is 55.2 Å². The highest BCUT2D eigenvalue weighted by molar-refractivity contribution is 7.92. The maximum absolute atomic E-state index is 13.2. The van der Waals surface area contributed by atoms with Crippen LogP contribution in [0.1, 0.15) is 43.9 Å². The molecule has 0 unspecified atom stereocenters. The minimum absolute atomic E-state index is 0.253. The Balaban J connectivity index is 2.35. The SMILES string of the molecule is CC[C@@H](NC(=O)[C@H](CC)N(c1cccc(Cl)c1)S(C)(=O)=O)c1ccc(OC)c(C)c1. The Morgan fingerprint density at radius 1 is 1.17 bits per heavy atom. The van der Waals surface area contributed by atoms with Gasteiger partial charge in [-0.25, -0.2) is 8.42 Å². The highest BCUT2D eigenvalue weighted by Gasteiger charge is 2.32. The topological polar surface area (TPSA) is 75.7 Å². The van der Waals surface area contributed by atoms with E-state index < -0.39 is 16.1 Å². The maximum atomic E-state index is 13.2. The number of halogens is 1. The molecule has 1 N–H and O–H groups in total. The van der Waals surface area contributed by atoms with Crippen molar-refractivity contribution < 1.29 is 17.9 Å². The monoisotopic (exact) mass is 452 g/mol. The van der Waals surface area contributed by atoms with Gasteiger partial charge in [0.1, 0.15) is 11.8 Å². The molecule has 0 saturated heterocycles. The molecule has 2 rings (SSSR count). The first-order chi connectivity index (χ1) is 14.1. The van der Waals surface area contributed by atoms with Crippen molar-refractivity contribution in [2.45, 2.75) is 45.7 Å². The average Bonchev–Trinajstić information content (AvgIpc) is 2.68. The lowest BCUT2D eigenvalue weighted by Gasteiger charge is -2.31. The normalized spacial score (nSPS) is 13.4. The second-order valence-corrected chi connectivity index (χ2v) is 9.46. The summed E-state index contributed by atoms with van der Waals surface area (Å²) >= 11 is 6.06. The van der Waals surface area contributed by atoms with Crippen LogP contribution in [-0.2, 0) is 14.8 Å². The molecule has 2 aromatic rings. The smallest absolute Gasteiger partial charge is 0.244 e. The minimum Gasteiger partial charge on any atom is -0.496 e. The zero-order chi connectivity index (χ0) is 22.5. The summed E-state index contributed by atoms with van der Waals surface area (Å²) in [4.78, 5) is 13.2. The Labute approximate surface area is 184 Å². The number of carbonyl (C=O) groups is 1. The van der Waals surface area contributed by atoms with Crippen molar-refractivity contribution >= 4 is 33.2 Å². The third-order valence-electron chi connectivity index (χ3n) is 4.94. The lowest BCUT2D eigenvalue weighted by atomic mass is 10.0. The highest BCUT2D eigenvalue weighted by Crippen LogP contribution is 2.27. The second-order valence-electron chi connectivity index (χ2n) is 7.16. The number of rotatable bonds is 9. The zero-order valence-electron chi connectivity index (χ0n) is 18.0. The largest absolute Gasteiger partial charge is 0.496 e. The number of methoxy groups -OCH3 is 1. The van der Waals surface area contributed by atoms with Gasteiger partial charge < -0.3 is 10.1 Å². The van der Waals surface area contributed by atoms with Gasteiger partial charge in [-0.1, -0.05) is 43.6 Å². The van der Waals surface area contributed by atoms with Gasteiger partial charge in [-0.2, -0.15) is 0 Å². The fraction of sp³-hybridized carbons (Fsp3) is 0.409. The van der Waals surface area contributed by atoms with Gasteiger partial charge in [0.15, 0.2) is 0 Å². The molecule has 0 aliphatic heterocycles. The van der Waals surface area contributed by atoms with Gasteiger partial charge >= 0.3 is 0 Å². The summed E-state index contributed by atoms with van der Waals surface area (Å²) < 4.78 is 31.6. The van der Waals surface area contributed by atoms with Crippen molar-refractivity contribution in [3.05, 3.63) is 58.6 Å². The van der Waals surface area contributed by atoms with Crippen LogP contribution >= 0.6 is 11.6 Å². The summed E-state index contributed by atoms with van der Waals surface area (Å²) in [7, 11) is -2.10. The molecule has 0 aliphatic carbocycles. The Hall–Kier alpha value is -2.25. The lowest BCUT2D eigenvalue weighted by Crippen LogP contribution is -2.50. The van der Waals surface area contributed by atoms with Crippen molar-refractivity contribution in [3.8, 4) is 5.75 Å². The number of carbonyl (C=O) groups excluding carboxylic acids is 1. The number of hydrogen-bond acceptors (Lipinski definition) is 4. The van der Waals surface area contributed by atoms with Crippen LogP contribution in [0.25, 0.3) is 0 Å². The maximum Gasteiger partial charge on any atom is 0.244 e. The number of nitrogens with one attached hydrogen (secondary N) is 1. The first-order valence-electron chi connectivity index (χ1n) is 9.82. The van der Waals surface area contributed by atoms with Crippen LogP contribution in [0, 0.1) is 6.92 Å². The Kier molecular flexibility index (Phi) is 8.15. The quantitative estimate of drug-likeness (QED) is 0.609. The number of anilines is 1. The van der Waals surface area contributed by atoms with Gasteiger partial charge in [0, 0.05) is 5.02 Å². The second kappa shape index (κ2) is 10.2. The van der Waals surface area contributed by atoms with E-state index in [9.17, 15) is 13.2 Å². The van der Waals surface area contributed by atoms with E-state index in [0.717, 1.165) is 27.4 Å². The van der Waals surface area contributed by atoms with Crippen molar-refractivity contribution in [3.63, 3.8) is 0 Å². The van der Waals surface area contributed by atoms with Crippen molar-refractivity contribution in [1.82, 2.24) is 5.32 Å². The number of sulfonamides is 1. The number of amides is 1. The molecule has 2 aromatic carbocycles. The predicted molar refractivity (Wildman–Crippen MR) is 122 cm³/mol. The molecule has 2 atom stereocenters. The highest BCUT2D eigenvalue weighted by atomic mass is 35.5. The third kappa shape index (κ3) is 5.67. The van der Waals surface area contributed by atoms with Crippen LogP contribution in [0.2, 0.25) is 5.02 Å². The Morgan fingerprint density at radius 2 is 1.87 bits per heavy atom. The van der Waals surface area contributed by atoms with Crippen LogP contribution in [0.4, 0.5) is 5.69 Å². The third-order valence-corrected chi connectivity index (χ3v) is 6.35. The zero-order valence-corrected chi connectivity index (χ0v) is 19.5. The first kappa shape index (κ1) is 24.0. The molecule has 0 aromatic heterocycles. The Bertz CT molecular complexity index is 994. The van der Waals surface area contributed by atoms with Crippen molar-refractivity contribution in [1.29, 1.82) is 0 Å². The fourth-order valence-corrected chi connectivity index (χ4v) is 4.87. The summed E-state index contributed by atoms with van der Waals surface area (Å²) in [6.07, 6.45) is 2.06. The van der Waals surface area contributed by atoms with Gasteiger partial charge in [0.05, 0.1) is 25.1 Å². The van der Waals surface area contributed by atoms with E-state index in [1.165, 1.54) is 0 Å². The molecule has 6 nitrogen and oxygen atoms in total. The summed E-state index contributed by atoms with van der Waals surface area (Å²) in [5.41, 5.74) is 2.26. The summed E-state index contributed by atoms with van der Waals surface area (Å²) in [5, 5.41) is 3.42. The number of aryl methyl sites for hydroxylation is 1. The average molecular weight is 453 g/mol. The molecule has 0 bridgehead atoms. The van der Waals surface area contributed by atoms with Gasteiger partial charge in [0.25, 0.3) is 0 Å². The van der Waals surface area contributed by atoms with Gasteiger partial charge in [-0.3, -0.25) is 9.10 Å².